The molecule has 0 saturated carbocycles. The Labute approximate surface area is 161 Å². The lowest BCUT2D eigenvalue weighted by atomic mass is 10.1. The summed E-state index contributed by atoms with van der Waals surface area (Å²) in [5, 5.41) is 4.48. The van der Waals surface area contributed by atoms with Crippen molar-refractivity contribution in [2.24, 2.45) is 0 Å². The van der Waals surface area contributed by atoms with Crippen molar-refractivity contribution in [2.45, 2.75) is 39.0 Å². The van der Waals surface area contributed by atoms with Gasteiger partial charge in [0.25, 0.3) is 0 Å². The normalized spacial score (nSPS) is 16.7. The topological polar surface area (TPSA) is 48.8 Å². The van der Waals surface area contributed by atoms with E-state index in [4.69, 9.17) is 14.2 Å². The Morgan fingerprint density at radius 3 is 2.74 bits per heavy atom. The van der Waals surface area contributed by atoms with Crippen molar-refractivity contribution in [3.05, 3.63) is 47.8 Å². The molecule has 0 radical (unpaired) electrons. The van der Waals surface area contributed by atoms with Crippen molar-refractivity contribution in [3.8, 4) is 11.5 Å². The van der Waals surface area contributed by atoms with Crippen molar-refractivity contribution >= 4 is 6.20 Å². The third-order valence-corrected chi connectivity index (χ3v) is 4.97. The molecule has 1 aliphatic heterocycles. The lowest BCUT2D eigenvalue weighted by Gasteiger charge is -2.26. The molecule has 0 bridgehead atoms. The summed E-state index contributed by atoms with van der Waals surface area (Å²) in [4.78, 5) is 2.39. The van der Waals surface area contributed by atoms with Gasteiger partial charge in [-0.3, -0.25) is 4.90 Å². The number of hydrogen-bond acceptors (Lipinski definition) is 5. The summed E-state index contributed by atoms with van der Waals surface area (Å²) in [6.07, 6.45) is 6.27. The predicted molar refractivity (Wildman–Crippen MR) is 106 cm³/mol. The van der Waals surface area contributed by atoms with Gasteiger partial charge in [0.2, 0.25) is 0 Å². The van der Waals surface area contributed by atoms with E-state index in [9.17, 15) is 0 Å². The lowest BCUT2D eigenvalue weighted by Crippen LogP contribution is -2.31. The van der Waals surface area contributed by atoms with Crippen LogP contribution >= 0.6 is 0 Å². The second-order valence-corrected chi connectivity index (χ2v) is 6.88. The summed E-state index contributed by atoms with van der Waals surface area (Å²) in [5.74, 6) is 1.70. The fourth-order valence-corrected chi connectivity index (χ4v) is 3.52. The second kappa shape index (κ2) is 9.06. The molecule has 1 aromatic heterocycles. The first kappa shape index (κ1) is 19.5. The Balaban J connectivity index is 1.82. The SMILES string of the molecule is C=Cn1cc(CN(Cc2cc(OC)ccc2OC)C[C@@H]2CCCO2)c(C)n1. The summed E-state index contributed by atoms with van der Waals surface area (Å²) < 4.78 is 18.6. The maximum Gasteiger partial charge on any atom is 0.123 e. The molecule has 6 heteroatoms. The molecular formula is C21H29N3O3. The van der Waals surface area contributed by atoms with Gasteiger partial charge < -0.3 is 14.2 Å². The number of rotatable bonds is 9. The van der Waals surface area contributed by atoms with Gasteiger partial charge in [-0.05, 0) is 38.0 Å². The number of methoxy groups -OCH3 is 2. The molecule has 0 amide bonds. The number of hydrogen-bond donors (Lipinski definition) is 0. The number of ether oxygens (including phenoxy) is 3. The zero-order chi connectivity index (χ0) is 19.2. The van der Waals surface area contributed by atoms with Crippen molar-refractivity contribution in [1.82, 2.24) is 14.7 Å². The zero-order valence-corrected chi connectivity index (χ0v) is 16.5. The van der Waals surface area contributed by atoms with E-state index in [0.717, 1.165) is 61.8 Å². The number of benzene rings is 1. The molecule has 0 aliphatic carbocycles. The highest BCUT2D eigenvalue weighted by Gasteiger charge is 2.21. The molecule has 1 atom stereocenters. The molecule has 2 aromatic rings. The first-order chi connectivity index (χ1) is 13.1. The van der Waals surface area contributed by atoms with E-state index < -0.39 is 0 Å². The minimum Gasteiger partial charge on any atom is -0.497 e. The average molecular weight is 371 g/mol. The van der Waals surface area contributed by atoms with Crippen LogP contribution < -0.4 is 9.47 Å². The Morgan fingerprint density at radius 1 is 1.30 bits per heavy atom. The van der Waals surface area contributed by atoms with Crippen LogP contribution in [0, 0.1) is 6.92 Å². The average Bonchev–Trinajstić information content (AvgIpc) is 3.31. The molecule has 2 heterocycles. The van der Waals surface area contributed by atoms with E-state index in [0.29, 0.717) is 0 Å². The Bertz CT molecular complexity index is 766. The van der Waals surface area contributed by atoms with Crippen LogP contribution in [0.15, 0.2) is 31.0 Å². The van der Waals surface area contributed by atoms with Crippen LogP contribution in [-0.2, 0) is 17.8 Å². The van der Waals surface area contributed by atoms with Gasteiger partial charge in [-0.1, -0.05) is 6.58 Å². The van der Waals surface area contributed by atoms with Crippen LogP contribution in [-0.4, -0.2) is 48.2 Å². The molecule has 1 saturated heterocycles. The minimum absolute atomic E-state index is 0.274. The summed E-state index contributed by atoms with van der Waals surface area (Å²) in [7, 11) is 3.39. The second-order valence-electron chi connectivity index (χ2n) is 6.88. The van der Waals surface area contributed by atoms with Gasteiger partial charge in [-0.2, -0.15) is 5.10 Å². The van der Waals surface area contributed by atoms with Crippen LogP contribution in [0.1, 0.15) is 29.7 Å². The highest BCUT2D eigenvalue weighted by Crippen LogP contribution is 2.27. The monoisotopic (exact) mass is 371 g/mol. The summed E-state index contributed by atoms with van der Waals surface area (Å²) >= 11 is 0. The molecule has 1 aromatic carbocycles. The molecule has 27 heavy (non-hydrogen) atoms. The third-order valence-electron chi connectivity index (χ3n) is 4.97. The van der Waals surface area contributed by atoms with Crippen molar-refractivity contribution in [3.63, 3.8) is 0 Å². The van der Waals surface area contributed by atoms with Gasteiger partial charge >= 0.3 is 0 Å². The first-order valence-electron chi connectivity index (χ1n) is 9.35. The maximum atomic E-state index is 5.88. The zero-order valence-electron chi connectivity index (χ0n) is 16.5. The van der Waals surface area contributed by atoms with Crippen molar-refractivity contribution in [1.29, 1.82) is 0 Å². The van der Waals surface area contributed by atoms with Crippen LogP contribution in [0.3, 0.4) is 0 Å². The molecule has 146 valence electrons. The standard InChI is InChI=1S/C21H29N3O3/c1-5-24-14-18(16(2)22-24)13-23(15-20-7-6-10-27-20)12-17-11-19(25-3)8-9-21(17)26-4/h5,8-9,11,14,20H,1,6-7,10,12-13,15H2,2-4H3/t20-/m0/s1. The van der Waals surface area contributed by atoms with Crippen LogP contribution in [0.2, 0.25) is 0 Å². The third kappa shape index (κ3) is 4.90. The first-order valence-corrected chi connectivity index (χ1v) is 9.35. The highest BCUT2D eigenvalue weighted by atomic mass is 16.5. The van der Waals surface area contributed by atoms with E-state index >= 15 is 0 Å². The van der Waals surface area contributed by atoms with Crippen LogP contribution in [0.25, 0.3) is 6.20 Å². The van der Waals surface area contributed by atoms with Gasteiger partial charge in [0.1, 0.15) is 11.5 Å². The van der Waals surface area contributed by atoms with E-state index in [1.165, 1.54) is 5.56 Å². The fourth-order valence-electron chi connectivity index (χ4n) is 3.52. The van der Waals surface area contributed by atoms with Gasteiger partial charge in [0, 0.05) is 49.8 Å². The van der Waals surface area contributed by atoms with Crippen LogP contribution in [0.4, 0.5) is 0 Å². The van der Waals surface area contributed by atoms with E-state index in [1.807, 2.05) is 31.3 Å². The number of aromatic nitrogens is 2. The minimum atomic E-state index is 0.274. The molecule has 3 rings (SSSR count). The molecule has 0 unspecified atom stereocenters. The Kier molecular flexibility index (Phi) is 6.53. The highest BCUT2D eigenvalue weighted by molar-refractivity contribution is 5.40. The number of aryl methyl sites for hydroxylation is 1. The smallest absolute Gasteiger partial charge is 0.123 e. The van der Waals surface area contributed by atoms with Gasteiger partial charge in [-0.25, -0.2) is 4.68 Å². The van der Waals surface area contributed by atoms with E-state index in [1.54, 1.807) is 25.1 Å². The summed E-state index contributed by atoms with van der Waals surface area (Å²) in [6, 6.07) is 5.92. The van der Waals surface area contributed by atoms with Gasteiger partial charge in [-0.15, -0.1) is 0 Å². The molecular weight excluding hydrogens is 342 g/mol. The molecule has 0 N–H and O–H groups in total. The quantitative estimate of drug-likeness (QED) is 0.675. The van der Waals surface area contributed by atoms with Gasteiger partial charge in [0.15, 0.2) is 0 Å². The molecule has 1 fully saturated rings. The lowest BCUT2D eigenvalue weighted by molar-refractivity contribution is 0.0675. The fraction of sp³-hybridized carbons (Fsp3) is 0.476. The molecule has 0 spiro atoms. The van der Waals surface area contributed by atoms with Crippen molar-refractivity contribution in [2.75, 3.05) is 27.4 Å². The van der Waals surface area contributed by atoms with E-state index in [-0.39, 0.29) is 6.10 Å². The van der Waals surface area contributed by atoms with E-state index in [2.05, 4.69) is 16.6 Å². The largest absolute Gasteiger partial charge is 0.497 e. The number of nitrogens with zero attached hydrogens (tertiary/aromatic N) is 3. The predicted octanol–water partition coefficient (Wildman–Crippen LogP) is 3.49. The summed E-state index contributed by atoms with van der Waals surface area (Å²) in [6.45, 7) is 9.10. The van der Waals surface area contributed by atoms with Crippen molar-refractivity contribution < 1.29 is 14.2 Å². The maximum absolute atomic E-state index is 5.88. The Morgan fingerprint density at radius 2 is 2.11 bits per heavy atom. The molecule has 6 nitrogen and oxygen atoms in total. The van der Waals surface area contributed by atoms with Gasteiger partial charge in [0.05, 0.1) is 26.0 Å². The molecule has 1 aliphatic rings. The van der Waals surface area contributed by atoms with Crippen LogP contribution in [0.5, 0.6) is 11.5 Å². The summed E-state index contributed by atoms with van der Waals surface area (Å²) in [5.41, 5.74) is 3.31. The Hall–Kier alpha value is -2.31.